The zero-order valence-corrected chi connectivity index (χ0v) is 24.8. The number of halogens is 7. The number of benzene rings is 2. The highest BCUT2D eigenvalue weighted by atomic mass is 35.5. The maximum absolute atomic E-state index is 15.3. The van der Waals surface area contributed by atoms with Gasteiger partial charge < -0.3 is 14.4 Å². The van der Waals surface area contributed by atoms with E-state index in [0.717, 1.165) is 30.9 Å². The molecule has 2 aromatic rings. The molecule has 2 aromatic carbocycles. The number of methoxy groups -OCH3 is 1. The van der Waals surface area contributed by atoms with Crippen LogP contribution in [0.25, 0.3) is 0 Å². The molecule has 1 saturated carbocycles. The summed E-state index contributed by atoms with van der Waals surface area (Å²) < 4.78 is 82.5. The Labute approximate surface area is 256 Å². The monoisotopic (exact) mass is 648 g/mol. The first-order valence-electron chi connectivity index (χ1n) is 14.1. The number of carbonyl (C=O) groups excluding carboxylic acids is 2. The molecule has 13 heteroatoms. The summed E-state index contributed by atoms with van der Waals surface area (Å²) in [6.07, 6.45) is -3.69. The highest BCUT2D eigenvalue weighted by molar-refractivity contribution is 6.34. The Kier molecular flexibility index (Phi) is 9.44. The maximum Gasteiger partial charge on any atom is 0.408 e. The number of ether oxygens (including phenoxy) is 2. The highest BCUT2D eigenvalue weighted by Gasteiger charge is 2.46. The topological polar surface area (TPSA) is 59.1 Å². The Morgan fingerprint density at radius 1 is 1.02 bits per heavy atom. The molecule has 1 amide bonds. The molecule has 2 aliphatic heterocycles. The van der Waals surface area contributed by atoms with Crippen LogP contribution in [0.1, 0.15) is 65.5 Å². The van der Waals surface area contributed by atoms with E-state index in [2.05, 4.69) is 0 Å². The van der Waals surface area contributed by atoms with Gasteiger partial charge in [0.15, 0.2) is 0 Å². The van der Waals surface area contributed by atoms with Crippen LogP contribution in [0.5, 0.6) is 5.75 Å². The third-order valence-corrected chi connectivity index (χ3v) is 8.77. The lowest BCUT2D eigenvalue weighted by Crippen LogP contribution is -2.43. The van der Waals surface area contributed by atoms with E-state index in [9.17, 15) is 27.2 Å². The van der Waals surface area contributed by atoms with Crippen molar-refractivity contribution in [1.29, 1.82) is 0 Å². The second-order valence-corrected chi connectivity index (χ2v) is 12.3. The second kappa shape index (κ2) is 12.8. The molecule has 43 heavy (non-hydrogen) atoms. The normalized spacial score (nSPS) is 22.5. The summed E-state index contributed by atoms with van der Waals surface area (Å²) in [6, 6.07) is 3.50. The van der Waals surface area contributed by atoms with Crippen molar-refractivity contribution in [3.8, 4) is 5.75 Å². The van der Waals surface area contributed by atoms with Gasteiger partial charge >= 0.3 is 12.1 Å². The largest absolute Gasteiger partial charge is 0.493 e. The molecule has 3 fully saturated rings. The predicted molar refractivity (Wildman–Crippen MR) is 150 cm³/mol. The van der Waals surface area contributed by atoms with Crippen molar-refractivity contribution in [1.82, 2.24) is 9.80 Å². The number of nitrogens with zero attached hydrogens (tertiary/aromatic N) is 2. The Bertz CT molecular complexity index is 1340. The maximum atomic E-state index is 15.3. The number of likely N-dealkylation sites (tertiary alicyclic amines) is 2. The predicted octanol–water partition coefficient (Wildman–Crippen LogP) is 7.13. The zero-order chi connectivity index (χ0) is 31.1. The summed E-state index contributed by atoms with van der Waals surface area (Å²) in [5.41, 5.74) is 0.348. The van der Waals surface area contributed by atoms with Crippen LogP contribution in [0.2, 0.25) is 10.0 Å². The average molecular weight is 649 g/mol. The molecular formula is C30H31Cl2F5N2O4. The van der Waals surface area contributed by atoms with E-state index in [1.165, 1.54) is 29.2 Å². The lowest BCUT2D eigenvalue weighted by Gasteiger charge is -2.38. The van der Waals surface area contributed by atoms with Gasteiger partial charge in [0, 0.05) is 22.5 Å². The van der Waals surface area contributed by atoms with Gasteiger partial charge in [-0.15, -0.1) is 0 Å². The van der Waals surface area contributed by atoms with E-state index in [1.807, 2.05) is 0 Å². The van der Waals surface area contributed by atoms with E-state index in [-0.39, 0.29) is 71.4 Å². The summed E-state index contributed by atoms with van der Waals surface area (Å²) >= 11 is 12.0. The molecule has 0 spiro atoms. The zero-order valence-electron chi connectivity index (χ0n) is 23.3. The Balaban J connectivity index is 1.26. The lowest BCUT2D eigenvalue weighted by atomic mass is 9.94. The standard InChI is InChI=1S/C30H31Cl2F5N2O4/c1-42-29(41)25-11-21(33)14-39(25)28(40)23-12-22(17-2-3-17)26(13-24(23)34)43-15-16-4-6-38(7-5-16)27(30(35,36)37)18-8-19(31)10-20(32)9-18/h8-10,12-13,16-17,21,25,27H,2-7,11,14-15H2,1H3/t21-,25+,27?/m1/s1. The molecule has 2 heterocycles. The van der Waals surface area contributed by atoms with Crippen LogP contribution in [0, 0.1) is 11.7 Å². The Morgan fingerprint density at radius 3 is 2.26 bits per heavy atom. The summed E-state index contributed by atoms with van der Waals surface area (Å²) in [6.45, 7) is 0.145. The Hall–Kier alpha value is -2.63. The molecule has 0 aromatic heterocycles. The molecule has 3 atom stereocenters. The van der Waals surface area contributed by atoms with Crippen molar-refractivity contribution in [3.63, 3.8) is 0 Å². The van der Waals surface area contributed by atoms with Crippen LogP contribution in [0.3, 0.4) is 0 Å². The van der Waals surface area contributed by atoms with Gasteiger partial charge in [0.2, 0.25) is 0 Å². The van der Waals surface area contributed by atoms with Gasteiger partial charge in [-0.3, -0.25) is 9.69 Å². The van der Waals surface area contributed by atoms with Gasteiger partial charge in [0.1, 0.15) is 29.8 Å². The number of rotatable bonds is 8. The molecule has 0 radical (unpaired) electrons. The summed E-state index contributed by atoms with van der Waals surface area (Å²) in [7, 11) is 1.14. The summed E-state index contributed by atoms with van der Waals surface area (Å²) in [5, 5.41) is 0.253. The van der Waals surface area contributed by atoms with Crippen molar-refractivity contribution in [2.24, 2.45) is 5.92 Å². The summed E-state index contributed by atoms with van der Waals surface area (Å²) in [4.78, 5) is 27.7. The first-order valence-corrected chi connectivity index (χ1v) is 14.9. The number of hydrogen-bond acceptors (Lipinski definition) is 5. The fourth-order valence-corrected chi connectivity index (χ4v) is 6.57. The lowest BCUT2D eigenvalue weighted by molar-refractivity contribution is -0.190. The smallest absolute Gasteiger partial charge is 0.408 e. The van der Waals surface area contributed by atoms with E-state index in [1.54, 1.807) is 0 Å². The number of alkyl halides is 4. The van der Waals surface area contributed by atoms with Gasteiger partial charge in [-0.2, -0.15) is 13.2 Å². The van der Waals surface area contributed by atoms with E-state index < -0.39 is 42.1 Å². The molecule has 0 N–H and O–H groups in total. The van der Waals surface area contributed by atoms with Crippen LogP contribution in [-0.4, -0.2) is 73.4 Å². The molecule has 3 aliphatic rings. The minimum atomic E-state index is -4.54. The summed E-state index contributed by atoms with van der Waals surface area (Å²) in [5.74, 6) is -2.16. The van der Waals surface area contributed by atoms with E-state index in [0.29, 0.717) is 18.4 Å². The van der Waals surface area contributed by atoms with Crippen LogP contribution in [-0.2, 0) is 9.53 Å². The molecule has 1 unspecified atom stereocenters. The molecule has 2 saturated heterocycles. The molecule has 0 bridgehead atoms. The van der Waals surface area contributed by atoms with Gasteiger partial charge in [-0.05, 0) is 86.0 Å². The van der Waals surface area contributed by atoms with Gasteiger partial charge in [0.25, 0.3) is 5.91 Å². The van der Waals surface area contributed by atoms with Crippen molar-refractivity contribution in [3.05, 3.63) is 62.9 Å². The van der Waals surface area contributed by atoms with Crippen LogP contribution < -0.4 is 4.74 Å². The SMILES string of the molecule is COC(=O)[C@@H]1C[C@@H](F)CN1C(=O)c1cc(C2CC2)c(OCC2CCN(C(c3cc(Cl)cc(Cl)c3)C(F)(F)F)CC2)cc1F. The van der Waals surface area contributed by atoms with Crippen LogP contribution >= 0.6 is 23.2 Å². The van der Waals surface area contributed by atoms with E-state index >= 15 is 4.39 Å². The molecule has 234 valence electrons. The average Bonchev–Trinajstić information content (AvgIpc) is 3.71. The molecule has 5 rings (SSSR count). The number of hydrogen-bond donors (Lipinski definition) is 0. The van der Waals surface area contributed by atoms with Crippen molar-refractivity contribution in [2.45, 2.75) is 62.5 Å². The fourth-order valence-electron chi connectivity index (χ4n) is 6.02. The fraction of sp³-hybridized carbons (Fsp3) is 0.533. The second-order valence-electron chi connectivity index (χ2n) is 11.4. The van der Waals surface area contributed by atoms with E-state index in [4.69, 9.17) is 32.7 Å². The minimum Gasteiger partial charge on any atom is -0.493 e. The van der Waals surface area contributed by atoms with Crippen molar-refractivity contribution >= 4 is 35.1 Å². The third kappa shape index (κ3) is 7.20. The number of piperidine rings is 1. The van der Waals surface area contributed by atoms with Crippen molar-refractivity contribution < 1.29 is 41.0 Å². The first kappa shape index (κ1) is 31.8. The molecule has 1 aliphatic carbocycles. The van der Waals surface area contributed by atoms with Crippen molar-refractivity contribution in [2.75, 3.05) is 33.4 Å². The number of carbonyl (C=O) groups is 2. The van der Waals surface area contributed by atoms with Gasteiger partial charge in [-0.1, -0.05) is 23.2 Å². The molecular weight excluding hydrogens is 618 g/mol. The van der Waals surface area contributed by atoms with Crippen LogP contribution in [0.15, 0.2) is 30.3 Å². The number of esters is 1. The third-order valence-electron chi connectivity index (χ3n) is 8.33. The number of amides is 1. The van der Waals surface area contributed by atoms with Gasteiger partial charge in [0.05, 0.1) is 25.8 Å². The molecule has 6 nitrogen and oxygen atoms in total. The Morgan fingerprint density at radius 2 is 1.67 bits per heavy atom. The van der Waals surface area contributed by atoms with Crippen LogP contribution in [0.4, 0.5) is 22.0 Å². The first-order chi connectivity index (χ1) is 20.3. The quantitative estimate of drug-likeness (QED) is 0.225. The van der Waals surface area contributed by atoms with Gasteiger partial charge in [-0.25, -0.2) is 13.6 Å². The highest BCUT2D eigenvalue weighted by Crippen LogP contribution is 2.46. The minimum absolute atomic E-state index is 0.0206.